The van der Waals surface area contributed by atoms with Crippen molar-refractivity contribution in [3.05, 3.63) is 66.2 Å². The minimum absolute atomic E-state index is 0.0440. The first-order chi connectivity index (χ1) is 11.8. The highest BCUT2D eigenvalue weighted by molar-refractivity contribution is 5.94. The largest absolute Gasteiger partial charge is 0.339 e. The maximum absolute atomic E-state index is 12.5. The van der Waals surface area contributed by atoms with Crippen LogP contribution in [0.5, 0.6) is 0 Å². The van der Waals surface area contributed by atoms with Crippen molar-refractivity contribution in [1.29, 1.82) is 0 Å². The number of rotatable bonds is 3. The monoisotopic (exact) mass is 320 g/mol. The molecular weight excluding hydrogens is 304 g/mol. The van der Waals surface area contributed by atoms with Crippen LogP contribution in [0.1, 0.15) is 28.6 Å². The molecule has 0 radical (unpaired) electrons. The standard InChI is InChI=1S/C18H16N4O2/c23-18(13-6-2-1-3-7-13)22-11-9-14(12-22)17-20-16(21-24-17)15-8-4-5-10-19-15/h1-8,10,14H,9,11-12H2. The van der Waals surface area contributed by atoms with Gasteiger partial charge in [0.15, 0.2) is 0 Å². The van der Waals surface area contributed by atoms with Gasteiger partial charge in [-0.1, -0.05) is 29.4 Å². The zero-order valence-corrected chi connectivity index (χ0v) is 13.0. The summed E-state index contributed by atoms with van der Waals surface area (Å²) in [6, 6.07) is 14.9. The van der Waals surface area contributed by atoms with Gasteiger partial charge in [0.05, 0.1) is 5.92 Å². The van der Waals surface area contributed by atoms with Crippen LogP contribution in [-0.2, 0) is 0 Å². The summed E-state index contributed by atoms with van der Waals surface area (Å²) in [5, 5.41) is 4.01. The molecule has 0 bridgehead atoms. The molecule has 1 saturated heterocycles. The van der Waals surface area contributed by atoms with Crippen LogP contribution in [0.2, 0.25) is 0 Å². The molecule has 0 N–H and O–H groups in total. The minimum Gasteiger partial charge on any atom is -0.339 e. The van der Waals surface area contributed by atoms with E-state index < -0.39 is 0 Å². The third-order valence-corrected chi connectivity index (χ3v) is 4.18. The Morgan fingerprint density at radius 3 is 2.75 bits per heavy atom. The van der Waals surface area contributed by atoms with E-state index in [-0.39, 0.29) is 11.8 Å². The molecule has 0 aliphatic carbocycles. The second-order valence-electron chi connectivity index (χ2n) is 5.77. The quantitative estimate of drug-likeness (QED) is 0.742. The number of hydrogen-bond acceptors (Lipinski definition) is 5. The Labute approximate surface area is 139 Å². The van der Waals surface area contributed by atoms with Crippen LogP contribution >= 0.6 is 0 Å². The van der Waals surface area contributed by atoms with Gasteiger partial charge in [0.2, 0.25) is 11.7 Å². The van der Waals surface area contributed by atoms with E-state index in [4.69, 9.17) is 4.52 Å². The van der Waals surface area contributed by atoms with Crippen molar-refractivity contribution in [2.45, 2.75) is 12.3 Å². The van der Waals surface area contributed by atoms with Crippen molar-refractivity contribution in [2.24, 2.45) is 0 Å². The van der Waals surface area contributed by atoms with Gasteiger partial charge in [0, 0.05) is 24.8 Å². The number of benzene rings is 1. The van der Waals surface area contributed by atoms with Gasteiger partial charge in [-0.25, -0.2) is 0 Å². The molecule has 0 spiro atoms. The van der Waals surface area contributed by atoms with Crippen molar-refractivity contribution >= 4 is 5.91 Å². The first-order valence-corrected chi connectivity index (χ1v) is 7.90. The van der Waals surface area contributed by atoms with Crippen molar-refractivity contribution < 1.29 is 9.32 Å². The first-order valence-electron chi connectivity index (χ1n) is 7.90. The third kappa shape index (κ3) is 2.78. The summed E-state index contributed by atoms with van der Waals surface area (Å²) in [6.45, 7) is 1.29. The van der Waals surface area contributed by atoms with Crippen LogP contribution in [0.25, 0.3) is 11.5 Å². The van der Waals surface area contributed by atoms with E-state index in [1.54, 1.807) is 6.20 Å². The van der Waals surface area contributed by atoms with Crippen molar-refractivity contribution in [3.63, 3.8) is 0 Å². The van der Waals surface area contributed by atoms with E-state index >= 15 is 0 Å². The van der Waals surface area contributed by atoms with Gasteiger partial charge in [0.1, 0.15) is 5.69 Å². The van der Waals surface area contributed by atoms with Crippen molar-refractivity contribution in [1.82, 2.24) is 20.0 Å². The summed E-state index contributed by atoms with van der Waals surface area (Å²) in [5.74, 6) is 1.17. The Kier molecular flexibility index (Phi) is 3.78. The Bertz CT molecular complexity index is 832. The lowest BCUT2D eigenvalue weighted by Gasteiger charge is -2.15. The van der Waals surface area contributed by atoms with E-state index in [0.29, 0.717) is 36.1 Å². The molecule has 1 unspecified atom stereocenters. The van der Waals surface area contributed by atoms with E-state index in [1.165, 1.54) is 0 Å². The molecule has 1 aromatic carbocycles. The molecule has 1 aliphatic rings. The molecule has 2 aromatic heterocycles. The number of pyridine rings is 1. The second kappa shape index (κ2) is 6.23. The van der Waals surface area contributed by atoms with Gasteiger partial charge < -0.3 is 9.42 Å². The maximum Gasteiger partial charge on any atom is 0.253 e. The summed E-state index contributed by atoms with van der Waals surface area (Å²) in [4.78, 5) is 23.0. The molecule has 3 aromatic rings. The highest BCUT2D eigenvalue weighted by Crippen LogP contribution is 2.28. The number of carbonyl (C=O) groups is 1. The SMILES string of the molecule is O=C(c1ccccc1)N1CCC(c2nc(-c3ccccn3)no2)C1. The zero-order valence-electron chi connectivity index (χ0n) is 13.0. The molecule has 120 valence electrons. The predicted octanol–water partition coefficient (Wildman–Crippen LogP) is 2.76. The predicted molar refractivity (Wildman–Crippen MR) is 87.2 cm³/mol. The number of hydrogen-bond donors (Lipinski definition) is 0. The van der Waals surface area contributed by atoms with Crippen molar-refractivity contribution in [2.75, 3.05) is 13.1 Å². The van der Waals surface area contributed by atoms with Crippen LogP contribution in [0.3, 0.4) is 0 Å². The Hall–Kier alpha value is -3.02. The van der Waals surface area contributed by atoms with Crippen LogP contribution in [-0.4, -0.2) is 39.0 Å². The van der Waals surface area contributed by atoms with Crippen LogP contribution < -0.4 is 0 Å². The molecule has 1 aliphatic heterocycles. The van der Waals surface area contributed by atoms with Gasteiger partial charge >= 0.3 is 0 Å². The number of aromatic nitrogens is 3. The van der Waals surface area contributed by atoms with Gasteiger partial charge in [-0.05, 0) is 30.7 Å². The number of amides is 1. The normalized spacial score (nSPS) is 17.2. The smallest absolute Gasteiger partial charge is 0.253 e. The van der Waals surface area contributed by atoms with Gasteiger partial charge in [0.25, 0.3) is 5.91 Å². The maximum atomic E-state index is 12.5. The lowest BCUT2D eigenvalue weighted by Crippen LogP contribution is -2.28. The van der Waals surface area contributed by atoms with E-state index in [2.05, 4.69) is 15.1 Å². The summed E-state index contributed by atoms with van der Waals surface area (Å²) in [7, 11) is 0. The fraction of sp³-hybridized carbons (Fsp3) is 0.222. The van der Waals surface area contributed by atoms with E-state index in [1.807, 2.05) is 53.4 Å². The molecule has 0 saturated carbocycles. The summed E-state index contributed by atoms with van der Waals surface area (Å²) >= 11 is 0. The summed E-state index contributed by atoms with van der Waals surface area (Å²) < 4.78 is 5.40. The van der Waals surface area contributed by atoms with Crippen molar-refractivity contribution in [3.8, 4) is 11.5 Å². The highest BCUT2D eigenvalue weighted by Gasteiger charge is 2.31. The summed E-state index contributed by atoms with van der Waals surface area (Å²) in [5.41, 5.74) is 1.39. The zero-order chi connectivity index (χ0) is 16.4. The lowest BCUT2D eigenvalue weighted by molar-refractivity contribution is 0.0789. The Morgan fingerprint density at radius 2 is 1.96 bits per heavy atom. The van der Waals surface area contributed by atoms with Crippen LogP contribution in [0, 0.1) is 0 Å². The molecule has 1 fully saturated rings. The third-order valence-electron chi connectivity index (χ3n) is 4.18. The first kappa shape index (κ1) is 14.6. The molecular formula is C18H16N4O2. The highest BCUT2D eigenvalue weighted by atomic mass is 16.5. The molecule has 1 atom stereocenters. The summed E-state index contributed by atoms with van der Waals surface area (Å²) in [6.07, 6.45) is 2.52. The molecule has 6 heteroatoms. The second-order valence-corrected chi connectivity index (χ2v) is 5.77. The van der Waals surface area contributed by atoms with E-state index in [0.717, 1.165) is 6.42 Å². The molecule has 24 heavy (non-hydrogen) atoms. The van der Waals surface area contributed by atoms with Gasteiger partial charge in [-0.3, -0.25) is 9.78 Å². The fourth-order valence-corrected chi connectivity index (χ4v) is 2.91. The average molecular weight is 320 g/mol. The molecule has 6 nitrogen and oxygen atoms in total. The molecule has 1 amide bonds. The Morgan fingerprint density at radius 1 is 1.12 bits per heavy atom. The van der Waals surface area contributed by atoms with Crippen LogP contribution in [0.4, 0.5) is 0 Å². The molecule has 3 heterocycles. The number of likely N-dealkylation sites (tertiary alicyclic amines) is 1. The average Bonchev–Trinajstić information content (AvgIpc) is 3.32. The Balaban J connectivity index is 1.48. The molecule has 4 rings (SSSR count). The lowest BCUT2D eigenvalue weighted by atomic mass is 10.1. The fourth-order valence-electron chi connectivity index (χ4n) is 2.91. The van der Waals surface area contributed by atoms with Gasteiger partial charge in [-0.2, -0.15) is 4.98 Å². The van der Waals surface area contributed by atoms with Crippen LogP contribution in [0.15, 0.2) is 59.3 Å². The number of carbonyl (C=O) groups excluding carboxylic acids is 1. The minimum atomic E-state index is 0.0440. The number of nitrogens with zero attached hydrogens (tertiary/aromatic N) is 4. The topological polar surface area (TPSA) is 72.1 Å². The van der Waals surface area contributed by atoms with Gasteiger partial charge in [-0.15, -0.1) is 0 Å². The van der Waals surface area contributed by atoms with E-state index in [9.17, 15) is 4.79 Å².